The number of hydrogen-bond donors (Lipinski definition) is 0. The van der Waals surface area contributed by atoms with Gasteiger partial charge in [0.25, 0.3) is 5.56 Å². The van der Waals surface area contributed by atoms with Gasteiger partial charge in [0.1, 0.15) is 10.8 Å². The van der Waals surface area contributed by atoms with Gasteiger partial charge in [0, 0.05) is 10.6 Å². The molecule has 1 aromatic heterocycles. The quantitative estimate of drug-likeness (QED) is 0.852. The molecule has 0 N–H and O–H groups in total. The highest BCUT2D eigenvalue weighted by molar-refractivity contribution is 6.41. The van der Waals surface area contributed by atoms with E-state index in [1.165, 1.54) is 24.4 Å². The van der Waals surface area contributed by atoms with Crippen LogP contribution in [0.1, 0.15) is 5.56 Å². The molecule has 0 unspecified atom stereocenters. The lowest BCUT2D eigenvalue weighted by Gasteiger charge is -2.08. The van der Waals surface area contributed by atoms with Crippen molar-refractivity contribution in [2.75, 3.05) is 0 Å². The third kappa shape index (κ3) is 2.51. The van der Waals surface area contributed by atoms with Crippen LogP contribution in [0.25, 0.3) is 0 Å². The zero-order chi connectivity index (χ0) is 13.3. The molecule has 0 saturated heterocycles. The van der Waals surface area contributed by atoms with E-state index in [0.717, 1.165) is 4.68 Å². The lowest BCUT2D eigenvalue weighted by atomic mass is 10.2. The molecule has 0 fully saturated rings. The van der Waals surface area contributed by atoms with Crippen LogP contribution < -0.4 is 5.56 Å². The normalized spacial score (nSPS) is 10.7. The molecule has 0 aliphatic heterocycles. The van der Waals surface area contributed by atoms with Gasteiger partial charge in [-0.1, -0.05) is 40.9 Å². The second kappa shape index (κ2) is 5.26. The summed E-state index contributed by atoms with van der Waals surface area (Å²) in [4.78, 5) is 11.7. The standard InChI is InChI=1S/C11H6Cl3FN2O/c12-7-2-1-3-9(15)6(7)5-17-11(18)10(14)8(13)4-16-17/h1-4H,5H2. The summed E-state index contributed by atoms with van der Waals surface area (Å²) in [6, 6.07) is 4.26. The zero-order valence-electron chi connectivity index (χ0n) is 8.83. The van der Waals surface area contributed by atoms with Gasteiger partial charge >= 0.3 is 0 Å². The summed E-state index contributed by atoms with van der Waals surface area (Å²) in [5, 5.41) is 3.90. The molecule has 1 aromatic carbocycles. The predicted molar refractivity (Wildman–Crippen MR) is 69.0 cm³/mol. The number of nitrogens with zero attached hydrogens (tertiary/aromatic N) is 2. The molecule has 2 rings (SSSR count). The molecule has 0 radical (unpaired) electrons. The third-order valence-corrected chi connectivity index (χ3v) is 3.41. The molecular formula is C11H6Cl3FN2O. The number of hydrogen-bond acceptors (Lipinski definition) is 2. The van der Waals surface area contributed by atoms with Crippen LogP contribution in [0.15, 0.2) is 29.2 Å². The van der Waals surface area contributed by atoms with Crippen LogP contribution in [0.2, 0.25) is 15.1 Å². The second-order valence-corrected chi connectivity index (χ2v) is 4.66. The monoisotopic (exact) mass is 306 g/mol. The van der Waals surface area contributed by atoms with Crippen molar-refractivity contribution in [1.29, 1.82) is 0 Å². The van der Waals surface area contributed by atoms with Crippen molar-refractivity contribution in [3.63, 3.8) is 0 Å². The molecule has 3 nitrogen and oxygen atoms in total. The smallest absolute Gasteiger partial charge is 0.266 e. The number of benzene rings is 1. The maximum absolute atomic E-state index is 13.6. The number of rotatable bonds is 2. The van der Waals surface area contributed by atoms with E-state index in [0.29, 0.717) is 0 Å². The Hall–Kier alpha value is -1.10. The van der Waals surface area contributed by atoms with Crippen molar-refractivity contribution in [1.82, 2.24) is 9.78 Å². The third-order valence-electron chi connectivity index (χ3n) is 2.31. The number of halogens is 4. The van der Waals surface area contributed by atoms with Crippen LogP contribution in [0.5, 0.6) is 0 Å². The van der Waals surface area contributed by atoms with Crippen LogP contribution in [0.3, 0.4) is 0 Å². The fraction of sp³-hybridized carbons (Fsp3) is 0.0909. The van der Waals surface area contributed by atoms with Gasteiger partial charge in [0.2, 0.25) is 0 Å². The molecule has 2 aromatic rings. The summed E-state index contributed by atoms with van der Waals surface area (Å²) in [6.07, 6.45) is 1.22. The molecular weight excluding hydrogens is 301 g/mol. The first kappa shape index (κ1) is 13.3. The molecule has 0 aliphatic rings. The second-order valence-electron chi connectivity index (χ2n) is 3.47. The lowest BCUT2D eigenvalue weighted by Crippen LogP contribution is -2.24. The van der Waals surface area contributed by atoms with Crippen LogP contribution in [0.4, 0.5) is 4.39 Å². The van der Waals surface area contributed by atoms with Crippen LogP contribution in [0, 0.1) is 5.82 Å². The van der Waals surface area contributed by atoms with Gasteiger partial charge in [0.15, 0.2) is 0 Å². The molecule has 94 valence electrons. The van der Waals surface area contributed by atoms with Gasteiger partial charge < -0.3 is 0 Å². The highest BCUT2D eigenvalue weighted by Gasteiger charge is 2.12. The Balaban J connectivity index is 2.47. The SMILES string of the molecule is O=c1c(Cl)c(Cl)cnn1Cc1c(F)cccc1Cl. The van der Waals surface area contributed by atoms with E-state index in [-0.39, 0.29) is 27.2 Å². The minimum absolute atomic E-state index is 0.0533. The summed E-state index contributed by atoms with van der Waals surface area (Å²) < 4.78 is 14.6. The number of aromatic nitrogens is 2. The molecule has 7 heteroatoms. The first-order chi connectivity index (χ1) is 8.50. The van der Waals surface area contributed by atoms with Gasteiger partial charge in [0.05, 0.1) is 17.8 Å². The Bertz CT molecular complexity index is 637. The Morgan fingerprint density at radius 1 is 1.22 bits per heavy atom. The first-order valence-corrected chi connectivity index (χ1v) is 5.98. The molecule has 0 aliphatic carbocycles. The van der Waals surface area contributed by atoms with Crippen LogP contribution in [-0.4, -0.2) is 9.78 Å². The minimum atomic E-state index is -0.594. The average molecular weight is 308 g/mol. The molecule has 0 atom stereocenters. The largest absolute Gasteiger partial charge is 0.287 e. The van der Waals surface area contributed by atoms with E-state index in [1.807, 2.05) is 0 Å². The summed E-state index contributed by atoms with van der Waals surface area (Å²) in [7, 11) is 0. The van der Waals surface area contributed by atoms with Gasteiger partial charge in [-0.25, -0.2) is 9.07 Å². The van der Waals surface area contributed by atoms with Crippen molar-refractivity contribution < 1.29 is 4.39 Å². The van der Waals surface area contributed by atoms with Gasteiger partial charge in [-0.3, -0.25) is 4.79 Å². The summed E-state index contributed by atoms with van der Waals surface area (Å²) in [5.74, 6) is -0.512. The highest BCUT2D eigenvalue weighted by Crippen LogP contribution is 2.20. The van der Waals surface area contributed by atoms with E-state index < -0.39 is 11.4 Å². The van der Waals surface area contributed by atoms with E-state index in [9.17, 15) is 9.18 Å². The summed E-state index contributed by atoms with van der Waals surface area (Å²) in [5.41, 5.74) is -0.421. The van der Waals surface area contributed by atoms with Crippen molar-refractivity contribution in [3.8, 4) is 0 Å². The molecule has 0 amide bonds. The Labute approximate surface area is 117 Å². The van der Waals surface area contributed by atoms with Gasteiger partial charge in [-0.15, -0.1) is 0 Å². The fourth-order valence-electron chi connectivity index (χ4n) is 1.39. The van der Waals surface area contributed by atoms with Crippen LogP contribution >= 0.6 is 34.8 Å². The molecule has 18 heavy (non-hydrogen) atoms. The topological polar surface area (TPSA) is 34.9 Å². The van der Waals surface area contributed by atoms with Crippen LogP contribution in [-0.2, 0) is 6.54 Å². The van der Waals surface area contributed by atoms with Crippen molar-refractivity contribution in [2.24, 2.45) is 0 Å². The van der Waals surface area contributed by atoms with Crippen molar-refractivity contribution in [3.05, 3.63) is 61.2 Å². The molecule has 0 bridgehead atoms. The lowest BCUT2D eigenvalue weighted by molar-refractivity contribution is 0.572. The summed E-state index contributed by atoms with van der Waals surface area (Å²) in [6.45, 7) is -0.110. The van der Waals surface area contributed by atoms with Gasteiger partial charge in [-0.2, -0.15) is 5.10 Å². The average Bonchev–Trinajstić information content (AvgIpc) is 2.34. The van der Waals surface area contributed by atoms with Crippen molar-refractivity contribution >= 4 is 34.8 Å². The van der Waals surface area contributed by atoms with E-state index in [1.54, 1.807) is 0 Å². The highest BCUT2D eigenvalue weighted by atomic mass is 35.5. The maximum atomic E-state index is 13.6. The van der Waals surface area contributed by atoms with E-state index in [2.05, 4.69) is 5.10 Å². The summed E-state index contributed by atoms with van der Waals surface area (Å²) >= 11 is 17.2. The fourth-order valence-corrected chi connectivity index (χ4v) is 1.88. The maximum Gasteiger partial charge on any atom is 0.287 e. The van der Waals surface area contributed by atoms with E-state index >= 15 is 0 Å². The molecule has 0 spiro atoms. The van der Waals surface area contributed by atoms with E-state index in [4.69, 9.17) is 34.8 Å². The first-order valence-electron chi connectivity index (χ1n) is 4.84. The Morgan fingerprint density at radius 2 is 1.94 bits per heavy atom. The van der Waals surface area contributed by atoms with Crippen molar-refractivity contribution in [2.45, 2.75) is 6.54 Å². The minimum Gasteiger partial charge on any atom is -0.266 e. The zero-order valence-corrected chi connectivity index (χ0v) is 11.1. The van der Waals surface area contributed by atoms with Gasteiger partial charge in [-0.05, 0) is 12.1 Å². The Kier molecular flexibility index (Phi) is 3.90. The Morgan fingerprint density at radius 3 is 2.61 bits per heavy atom. The molecule has 1 heterocycles. The predicted octanol–water partition coefficient (Wildman–Crippen LogP) is 3.39. The molecule has 0 saturated carbocycles.